The number of anilines is 1. The summed E-state index contributed by atoms with van der Waals surface area (Å²) in [6.07, 6.45) is 3.03. The van der Waals surface area contributed by atoms with Crippen LogP contribution in [0.2, 0.25) is 0 Å². The molecule has 0 bridgehead atoms. The highest BCUT2D eigenvalue weighted by atomic mass is 32.1. The second-order valence-electron chi connectivity index (χ2n) is 5.71. The smallest absolute Gasteiger partial charge is 0.348 e. The van der Waals surface area contributed by atoms with E-state index in [1.807, 2.05) is 31.2 Å². The number of carbonyl (C=O) groups is 3. The lowest BCUT2D eigenvalue weighted by molar-refractivity contribution is -0.111. The predicted octanol–water partition coefficient (Wildman–Crippen LogP) is 3.98. The van der Waals surface area contributed by atoms with Crippen molar-refractivity contribution in [3.8, 4) is 0 Å². The topological polar surface area (TPSA) is 81.7 Å². The van der Waals surface area contributed by atoms with E-state index in [0.29, 0.717) is 5.56 Å². The summed E-state index contributed by atoms with van der Waals surface area (Å²) >= 11 is 0.984. The van der Waals surface area contributed by atoms with Gasteiger partial charge in [-0.05, 0) is 38.0 Å². The molecule has 0 aliphatic rings. The number of thiophene rings is 1. The van der Waals surface area contributed by atoms with Gasteiger partial charge in [-0.25, -0.2) is 9.59 Å². The van der Waals surface area contributed by atoms with E-state index in [-0.39, 0.29) is 22.0 Å². The van der Waals surface area contributed by atoms with Crippen molar-refractivity contribution in [2.24, 2.45) is 0 Å². The lowest BCUT2D eigenvalue weighted by Gasteiger charge is -2.05. The van der Waals surface area contributed by atoms with Crippen molar-refractivity contribution in [1.82, 2.24) is 0 Å². The molecular weight excluding hydrogens is 366 g/mol. The second-order valence-corrected chi connectivity index (χ2v) is 6.73. The summed E-state index contributed by atoms with van der Waals surface area (Å²) in [5, 5.41) is 2.91. The molecule has 2 aromatic rings. The van der Waals surface area contributed by atoms with Gasteiger partial charge in [0.1, 0.15) is 9.88 Å². The molecular formula is C20H21NO5S. The van der Waals surface area contributed by atoms with Gasteiger partial charge in [0.15, 0.2) is 0 Å². The molecule has 0 unspecified atom stereocenters. The molecule has 1 aromatic heterocycles. The number of aryl methyl sites for hydroxylation is 1. The van der Waals surface area contributed by atoms with Gasteiger partial charge in [0.2, 0.25) is 5.91 Å². The van der Waals surface area contributed by atoms with Crippen LogP contribution in [0, 0.1) is 13.8 Å². The highest BCUT2D eigenvalue weighted by molar-refractivity contribution is 7.18. The molecule has 0 spiro atoms. The molecule has 1 amide bonds. The number of esters is 2. The molecule has 0 radical (unpaired) electrons. The highest BCUT2D eigenvalue weighted by Crippen LogP contribution is 2.34. The molecule has 6 nitrogen and oxygen atoms in total. The van der Waals surface area contributed by atoms with Crippen LogP contribution in [-0.2, 0) is 14.3 Å². The Morgan fingerprint density at radius 3 is 2.37 bits per heavy atom. The molecule has 142 valence electrons. The van der Waals surface area contributed by atoms with Crippen molar-refractivity contribution in [3.05, 3.63) is 57.5 Å². The molecule has 0 atom stereocenters. The van der Waals surface area contributed by atoms with Crippen LogP contribution in [-0.4, -0.2) is 31.6 Å². The first-order valence-corrected chi connectivity index (χ1v) is 9.13. The van der Waals surface area contributed by atoms with Gasteiger partial charge in [-0.3, -0.25) is 4.79 Å². The molecule has 0 aliphatic carbocycles. The van der Waals surface area contributed by atoms with Gasteiger partial charge in [-0.2, -0.15) is 0 Å². The van der Waals surface area contributed by atoms with E-state index in [1.54, 1.807) is 19.9 Å². The van der Waals surface area contributed by atoms with E-state index in [0.717, 1.165) is 22.5 Å². The molecule has 1 N–H and O–H groups in total. The Bertz CT molecular complexity index is 881. The molecule has 2 rings (SSSR count). The van der Waals surface area contributed by atoms with Gasteiger partial charge in [0.25, 0.3) is 0 Å². The molecule has 0 fully saturated rings. The van der Waals surface area contributed by atoms with E-state index < -0.39 is 17.8 Å². The number of hydrogen-bond donors (Lipinski definition) is 1. The van der Waals surface area contributed by atoms with Crippen LogP contribution in [0.4, 0.5) is 5.00 Å². The molecule has 0 saturated heterocycles. The lowest BCUT2D eigenvalue weighted by atomic mass is 10.1. The molecule has 1 heterocycles. The van der Waals surface area contributed by atoms with Crippen LogP contribution < -0.4 is 5.32 Å². The fourth-order valence-electron chi connectivity index (χ4n) is 2.34. The molecule has 1 aromatic carbocycles. The number of hydrogen-bond acceptors (Lipinski definition) is 6. The maximum absolute atomic E-state index is 12.3. The fourth-order valence-corrected chi connectivity index (χ4v) is 3.46. The minimum absolute atomic E-state index is 0.166. The Balaban J connectivity index is 2.27. The average molecular weight is 387 g/mol. The largest absolute Gasteiger partial charge is 0.465 e. The van der Waals surface area contributed by atoms with Crippen molar-refractivity contribution >= 4 is 40.3 Å². The zero-order valence-corrected chi connectivity index (χ0v) is 16.4. The maximum atomic E-state index is 12.3. The summed E-state index contributed by atoms with van der Waals surface area (Å²) in [6.45, 7) is 5.47. The van der Waals surface area contributed by atoms with Gasteiger partial charge >= 0.3 is 11.9 Å². The highest BCUT2D eigenvalue weighted by Gasteiger charge is 2.26. The van der Waals surface area contributed by atoms with E-state index in [4.69, 9.17) is 9.47 Å². The van der Waals surface area contributed by atoms with Crippen LogP contribution >= 0.6 is 11.3 Å². The van der Waals surface area contributed by atoms with Crippen LogP contribution in [0.3, 0.4) is 0 Å². The van der Waals surface area contributed by atoms with Crippen LogP contribution in [0.15, 0.2) is 30.3 Å². The van der Waals surface area contributed by atoms with Crippen molar-refractivity contribution in [3.63, 3.8) is 0 Å². The third-order valence-electron chi connectivity index (χ3n) is 3.74. The Kier molecular flexibility index (Phi) is 6.90. The summed E-state index contributed by atoms with van der Waals surface area (Å²) in [5.41, 5.74) is 2.58. The fraction of sp³-hybridized carbons (Fsp3) is 0.250. The van der Waals surface area contributed by atoms with Crippen molar-refractivity contribution < 1.29 is 23.9 Å². The minimum Gasteiger partial charge on any atom is -0.465 e. The van der Waals surface area contributed by atoms with Gasteiger partial charge in [0, 0.05) is 6.08 Å². The zero-order chi connectivity index (χ0) is 20.0. The Morgan fingerprint density at radius 1 is 1.11 bits per heavy atom. The van der Waals surface area contributed by atoms with Crippen molar-refractivity contribution in [2.75, 3.05) is 19.0 Å². The van der Waals surface area contributed by atoms with E-state index in [9.17, 15) is 14.4 Å². The monoisotopic (exact) mass is 387 g/mol. The average Bonchev–Trinajstić information content (AvgIpc) is 2.96. The predicted molar refractivity (Wildman–Crippen MR) is 105 cm³/mol. The number of methoxy groups -OCH3 is 1. The molecule has 7 heteroatoms. The van der Waals surface area contributed by atoms with Crippen LogP contribution in [0.1, 0.15) is 43.6 Å². The lowest BCUT2D eigenvalue weighted by Crippen LogP contribution is -2.12. The summed E-state index contributed by atoms with van der Waals surface area (Å²) in [4.78, 5) is 36.7. The Morgan fingerprint density at radius 2 is 1.78 bits per heavy atom. The Hall–Kier alpha value is -2.93. The molecule has 0 saturated carbocycles. The minimum atomic E-state index is -0.598. The van der Waals surface area contributed by atoms with E-state index >= 15 is 0 Å². The zero-order valence-electron chi connectivity index (χ0n) is 15.6. The number of carbonyl (C=O) groups excluding carboxylic acids is 3. The van der Waals surface area contributed by atoms with Gasteiger partial charge in [0.05, 0.1) is 19.3 Å². The standard InChI is InChI=1S/C20H21NO5S/c1-5-26-19(23)16-13(3)17(20(24)25-4)27-18(16)21-15(22)11-10-14-8-6-12(2)7-9-14/h6-11H,5H2,1-4H3,(H,21,22)/b11-10+. The number of benzene rings is 1. The maximum Gasteiger partial charge on any atom is 0.348 e. The van der Waals surface area contributed by atoms with Gasteiger partial charge in [-0.15, -0.1) is 11.3 Å². The van der Waals surface area contributed by atoms with Crippen LogP contribution in [0.25, 0.3) is 6.08 Å². The van der Waals surface area contributed by atoms with E-state index in [1.165, 1.54) is 13.2 Å². The second kappa shape index (κ2) is 9.14. The summed E-state index contributed by atoms with van der Waals surface area (Å²) in [6, 6.07) is 7.69. The molecule has 27 heavy (non-hydrogen) atoms. The van der Waals surface area contributed by atoms with E-state index in [2.05, 4.69) is 5.32 Å². The third-order valence-corrected chi connectivity index (χ3v) is 4.93. The number of rotatable bonds is 6. The van der Waals surface area contributed by atoms with Crippen molar-refractivity contribution in [2.45, 2.75) is 20.8 Å². The SMILES string of the molecule is CCOC(=O)c1c(NC(=O)/C=C/c2ccc(C)cc2)sc(C(=O)OC)c1C. The first kappa shape index (κ1) is 20.4. The number of amides is 1. The number of ether oxygens (including phenoxy) is 2. The quantitative estimate of drug-likeness (QED) is 0.599. The Labute approximate surface area is 161 Å². The molecule has 0 aliphatic heterocycles. The first-order chi connectivity index (χ1) is 12.9. The summed E-state index contributed by atoms with van der Waals surface area (Å²) in [5.74, 6) is -1.59. The summed E-state index contributed by atoms with van der Waals surface area (Å²) < 4.78 is 9.78. The normalized spacial score (nSPS) is 10.7. The van der Waals surface area contributed by atoms with Gasteiger partial charge in [-0.1, -0.05) is 29.8 Å². The summed E-state index contributed by atoms with van der Waals surface area (Å²) in [7, 11) is 1.26. The van der Waals surface area contributed by atoms with Crippen molar-refractivity contribution in [1.29, 1.82) is 0 Å². The van der Waals surface area contributed by atoms with Crippen LogP contribution in [0.5, 0.6) is 0 Å². The van der Waals surface area contributed by atoms with Gasteiger partial charge < -0.3 is 14.8 Å². The third kappa shape index (κ3) is 5.04. The first-order valence-electron chi connectivity index (χ1n) is 8.31. The number of nitrogens with one attached hydrogen (secondary N) is 1.